The van der Waals surface area contributed by atoms with Crippen LogP contribution in [-0.4, -0.2) is 5.75 Å². The van der Waals surface area contributed by atoms with Crippen molar-refractivity contribution < 1.29 is 17.6 Å². The molecule has 1 aromatic rings. The Kier molecular flexibility index (Phi) is 3.64. The summed E-state index contributed by atoms with van der Waals surface area (Å²) >= 11 is 3.77. The standard InChI is InChI=1S/C10H6F4S/c11-9-5-7(2-1-3-15)4-8(6-9)10(12,13)14/h4-6,15H,3H2. The summed E-state index contributed by atoms with van der Waals surface area (Å²) in [5.41, 5.74) is -1.04. The summed E-state index contributed by atoms with van der Waals surface area (Å²) in [6.07, 6.45) is -4.56. The van der Waals surface area contributed by atoms with Crippen molar-refractivity contribution >= 4 is 12.6 Å². The lowest BCUT2D eigenvalue weighted by Gasteiger charge is -2.06. The van der Waals surface area contributed by atoms with E-state index in [9.17, 15) is 17.6 Å². The molecule has 0 aliphatic heterocycles. The first-order chi connectivity index (χ1) is 6.93. The van der Waals surface area contributed by atoms with Crippen LogP contribution >= 0.6 is 12.6 Å². The Labute approximate surface area is 89.7 Å². The highest BCUT2D eigenvalue weighted by atomic mass is 32.1. The second-order valence-electron chi connectivity index (χ2n) is 2.69. The summed E-state index contributed by atoms with van der Waals surface area (Å²) in [6.45, 7) is 0. The van der Waals surface area contributed by atoms with Gasteiger partial charge < -0.3 is 0 Å². The van der Waals surface area contributed by atoms with Gasteiger partial charge in [0.15, 0.2) is 0 Å². The summed E-state index contributed by atoms with van der Waals surface area (Å²) in [5, 5.41) is 0. The normalized spacial score (nSPS) is 10.7. The number of halogens is 4. The predicted molar refractivity (Wildman–Crippen MR) is 52.1 cm³/mol. The molecule has 0 saturated carbocycles. The first-order valence-electron chi connectivity index (χ1n) is 3.91. The molecule has 15 heavy (non-hydrogen) atoms. The Morgan fingerprint density at radius 1 is 1.20 bits per heavy atom. The third-order valence-electron chi connectivity index (χ3n) is 1.54. The van der Waals surface area contributed by atoms with Gasteiger partial charge in [0.1, 0.15) is 5.82 Å². The second-order valence-corrected chi connectivity index (χ2v) is 3.00. The molecule has 0 atom stereocenters. The fourth-order valence-corrected chi connectivity index (χ4v) is 1.05. The zero-order valence-corrected chi connectivity index (χ0v) is 8.29. The Hall–Kier alpha value is -1.15. The van der Waals surface area contributed by atoms with Crippen LogP contribution in [0.2, 0.25) is 0 Å². The summed E-state index contributed by atoms with van der Waals surface area (Å²) < 4.78 is 49.5. The zero-order chi connectivity index (χ0) is 11.5. The molecule has 0 radical (unpaired) electrons. The average Bonchev–Trinajstić information content (AvgIpc) is 2.12. The number of alkyl halides is 3. The minimum Gasteiger partial charge on any atom is -0.207 e. The van der Waals surface area contributed by atoms with Crippen molar-refractivity contribution in [3.63, 3.8) is 0 Å². The molecule has 0 aliphatic carbocycles. The van der Waals surface area contributed by atoms with Crippen LogP contribution < -0.4 is 0 Å². The summed E-state index contributed by atoms with van der Waals surface area (Å²) in [6, 6.07) is 2.19. The van der Waals surface area contributed by atoms with Gasteiger partial charge in [0.2, 0.25) is 0 Å². The van der Waals surface area contributed by atoms with E-state index in [0.29, 0.717) is 6.07 Å². The number of benzene rings is 1. The van der Waals surface area contributed by atoms with Crippen LogP contribution in [0.25, 0.3) is 0 Å². The Morgan fingerprint density at radius 2 is 1.87 bits per heavy atom. The van der Waals surface area contributed by atoms with E-state index < -0.39 is 17.6 Å². The molecule has 0 bridgehead atoms. The van der Waals surface area contributed by atoms with Crippen LogP contribution in [0.4, 0.5) is 17.6 Å². The molecule has 5 heteroatoms. The molecule has 0 saturated heterocycles. The van der Waals surface area contributed by atoms with E-state index in [2.05, 4.69) is 24.5 Å². The highest BCUT2D eigenvalue weighted by molar-refractivity contribution is 7.80. The van der Waals surface area contributed by atoms with Crippen molar-refractivity contribution in [1.29, 1.82) is 0 Å². The molecule has 1 rings (SSSR count). The molecule has 80 valence electrons. The highest BCUT2D eigenvalue weighted by Crippen LogP contribution is 2.30. The van der Waals surface area contributed by atoms with Gasteiger partial charge >= 0.3 is 6.18 Å². The lowest BCUT2D eigenvalue weighted by molar-refractivity contribution is -0.137. The maximum absolute atomic E-state index is 12.8. The number of hydrogen-bond acceptors (Lipinski definition) is 1. The van der Waals surface area contributed by atoms with Gasteiger partial charge in [-0.25, -0.2) is 4.39 Å². The van der Waals surface area contributed by atoms with Crippen molar-refractivity contribution in [3.8, 4) is 11.8 Å². The molecule has 0 fully saturated rings. The van der Waals surface area contributed by atoms with E-state index in [1.54, 1.807) is 0 Å². The van der Waals surface area contributed by atoms with Gasteiger partial charge in [-0.05, 0) is 18.2 Å². The zero-order valence-electron chi connectivity index (χ0n) is 7.40. The van der Waals surface area contributed by atoms with Gasteiger partial charge in [-0.1, -0.05) is 11.8 Å². The molecule has 1 aromatic carbocycles. The molecule has 0 aromatic heterocycles. The average molecular weight is 234 g/mol. The van der Waals surface area contributed by atoms with Gasteiger partial charge in [-0.3, -0.25) is 0 Å². The van der Waals surface area contributed by atoms with Crippen molar-refractivity contribution in [3.05, 3.63) is 35.1 Å². The van der Waals surface area contributed by atoms with E-state index in [-0.39, 0.29) is 11.3 Å². The third kappa shape index (κ3) is 3.48. The lowest BCUT2D eigenvalue weighted by atomic mass is 10.1. The maximum Gasteiger partial charge on any atom is 0.416 e. The molecule has 0 N–H and O–H groups in total. The van der Waals surface area contributed by atoms with Crippen molar-refractivity contribution in [1.82, 2.24) is 0 Å². The number of thiol groups is 1. The van der Waals surface area contributed by atoms with Gasteiger partial charge in [0.25, 0.3) is 0 Å². The molecular formula is C10H6F4S. The van der Waals surface area contributed by atoms with Crippen LogP contribution in [0.15, 0.2) is 18.2 Å². The van der Waals surface area contributed by atoms with Gasteiger partial charge in [0.05, 0.1) is 11.3 Å². The molecule has 0 aliphatic rings. The minimum atomic E-state index is -4.56. The molecule has 0 unspecified atom stereocenters. The Morgan fingerprint density at radius 3 is 2.40 bits per heavy atom. The van der Waals surface area contributed by atoms with E-state index >= 15 is 0 Å². The predicted octanol–water partition coefficient (Wildman–Crippen LogP) is 3.13. The van der Waals surface area contributed by atoms with Gasteiger partial charge in [0, 0.05) is 5.56 Å². The van der Waals surface area contributed by atoms with Crippen LogP contribution in [0.1, 0.15) is 11.1 Å². The first-order valence-corrected chi connectivity index (χ1v) is 4.54. The van der Waals surface area contributed by atoms with Crippen molar-refractivity contribution in [2.75, 3.05) is 5.75 Å². The van der Waals surface area contributed by atoms with E-state index in [0.717, 1.165) is 12.1 Å². The summed E-state index contributed by atoms with van der Waals surface area (Å²) in [4.78, 5) is 0. The Bertz CT molecular complexity index is 412. The summed E-state index contributed by atoms with van der Waals surface area (Å²) in [7, 11) is 0. The van der Waals surface area contributed by atoms with E-state index in [1.807, 2.05) is 0 Å². The lowest BCUT2D eigenvalue weighted by Crippen LogP contribution is -2.05. The second kappa shape index (κ2) is 4.58. The quantitative estimate of drug-likeness (QED) is 0.398. The maximum atomic E-state index is 12.8. The Balaban J connectivity index is 3.17. The highest BCUT2D eigenvalue weighted by Gasteiger charge is 2.31. The van der Waals surface area contributed by atoms with E-state index in [4.69, 9.17) is 0 Å². The van der Waals surface area contributed by atoms with Crippen molar-refractivity contribution in [2.45, 2.75) is 6.18 Å². The fourth-order valence-electron chi connectivity index (χ4n) is 0.967. The molecule has 0 amide bonds. The van der Waals surface area contributed by atoms with E-state index in [1.165, 1.54) is 0 Å². The van der Waals surface area contributed by atoms with Crippen LogP contribution in [0.5, 0.6) is 0 Å². The number of hydrogen-bond donors (Lipinski definition) is 1. The van der Waals surface area contributed by atoms with Crippen molar-refractivity contribution in [2.24, 2.45) is 0 Å². The molecular weight excluding hydrogens is 228 g/mol. The molecule has 0 heterocycles. The SMILES string of the molecule is Fc1cc(C#CCS)cc(C(F)(F)F)c1. The molecule has 0 spiro atoms. The smallest absolute Gasteiger partial charge is 0.207 e. The summed E-state index contributed by atoms with van der Waals surface area (Å²) in [5.74, 6) is 4.09. The third-order valence-corrected chi connectivity index (χ3v) is 1.70. The number of rotatable bonds is 0. The monoisotopic (exact) mass is 234 g/mol. The topological polar surface area (TPSA) is 0 Å². The minimum absolute atomic E-state index is 0.00336. The van der Waals surface area contributed by atoms with Gasteiger partial charge in [-0.15, -0.1) is 0 Å². The fraction of sp³-hybridized carbons (Fsp3) is 0.200. The first kappa shape index (κ1) is 11.9. The van der Waals surface area contributed by atoms with Gasteiger partial charge in [-0.2, -0.15) is 25.8 Å². The van der Waals surface area contributed by atoms with Crippen LogP contribution in [0.3, 0.4) is 0 Å². The van der Waals surface area contributed by atoms with Crippen LogP contribution in [-0.2, 0) is 6.18 Å². The largest absolute Gasteiger partial charge is 0.416 e. The molecule has 0 nitrogen and oxygen atoms in total. The van der Waals surface area contributed by atoms with Crippen LogP contribution in [0, 0.1) is 17.7 Å².